The van der Waals surface area contributed by atoms with Gasteiger partial charge in [-0.15, -0.1) is 0 Å². The molecule has 112 valence electrons. The van der Waals surface area contributed by atoms with Crippen LogP contribution in [0.5, 0.6) is 5.88 Å². The van der Waals surface area contributed by atoms with E-state index in [0.717, 1.165) is 56.0 Å². The molecular formula is C15H21N5O. The summed E-state index contributed by atoms with van der Waals surface area (Å²) in [6.07, 6.45) is 1.85. The van der Waals surface area contributed by atoms with Gasteiger partial charge in [0.05, 0.1) is 18.3 Å². The summed E-state index contributed by atoms with van der Waals surface area (Å²) in [7, 11) is 1.63. The lowest BCUT2D eigenvalue weighted by molar-refractivity contribution is 0.265. The van der Waals surface area contributed by atoms with Gasteiger partial charge >= 0.3 is 0 Å². The molecule has 0 saturated carbocycles. The molecule has 0 radical (unpaired) electrons. The molecule has 6 heteroatoms. The molecule has 0 atom stereocenters. The minimum absolute atomic E-state index is 0.624. The second-order valence-electron chi connectivity index (χ2n) is 5.17. The average molecular weight is 287 g/mol. The Morgan fingerprint density at radius 1 is 1.19 bits per heavy atom. The molecule has 1 aliphatic rings. The molecular weight excluding hydrogens is 266 g/mol. The Morgan fingerprint density at radius 2 is 2.00 bits per heavy atom. The van der Waals surface area contributed by atoms with Gasteiger partial charge in [-0.25, -0.2) is 4.98 Å². The van der Waals surface area contributed by atoms with Crippen LogP contribution in [0.2, 0.25) is 0 Å². The van der Waals surface area contributed by atoms with Crippen molar-refractivity contribution in [2.75, 3.05) is 51.3 Å². The van der Waals surface area contributed by atoms with Crippen molar-refractivity contribution in [3.8, 4) is 5.88 Å². The predicted molar refractivity (Wildman–Crippen MR) is 83.8 cm³/mol. The van der Waals surface area contributed by atoms with Crippen molar-refractivity contribution in [3.05, 3.63) is 24.4 Å². The Morgan fingerprint density at radius 3 is 2.71 bits per heavy atom. The van der Waals surface area contributed by atoms with E-state index in [-0.39, 0.29) is 0 Å². The van der Waals surface area contributed by atoms with Gasteiger partial charge in [-0.3, -0.25) is 9.88 Å². The number of piperazine rings is 1. The Balaban J connectivity index is 1.87. The largest absolute Gasteiger partial charge is 0.481 e. The highest BCUT2D eigenvalue weighted by Crippen LogP contribution is 2.26. The predicted octanol–water partition coefficient (Wildman–Crippen LogP) is 0.719. The minimum Gasteiger partial charge on any atom is -0.481 e. The Kier molecular flexibility index (Phi) is 4.17. The molecule has 0 amide bonds. The topological polar surface area (TPSA) is 67.5 Å². The van der Waals surface area contributed by atoms with E-state index in [4.69, 9.17) is 10.5 Å². The number of aromatic nitrogens is 2. The van der Waals surface area contributed by atoms with Crippen LogP contribution in [-0.4, -0.2) is 61.2 Å². The molecule has 2 N–H and O–H groups in total. The maximum Gasteiger partial charge on any atom is 0.213 e. The molecule has 0 aliphatic carbocycles. The number of hydrogen-bond donors (Lipinski definition) is 1. The van der Waals surface area contributed by atoms with E-state index in [9.17, 15) is 0 Å². The molecule has 0 spiro atoms. The van der Waals surface area contributed by atoms with E-state index < -0.39 is 0 Å². The van der Waals surface area contributed by atoms with Crippen LogP contribution in [-0.2, 0) is 0 Å². The maximum absolute atomic E-state index is 5.62. The van der Waals surface area contributed by atoms with E-state index in [1.807, 2.05) is 24.4 Å². The van der Waals surface area contributed by atoms with Crippen molar-refractivity contribution in [2.45, 2.75) is 0 Å². The molecule has 0 aromatic carbocycles. The SMILES string of the molecule is COc1ccc2nccc(N3CCN(CCN)CC3)c2n1. The summed E-state index contributed by atoms with van der Waals surface area (Å²) in [6, 6.07) is 5.83. The van der Waals surface area contributed by atoms with Crippen LogP contribution < -0.4 is 15.4 Å². The number of ether oxygens (including phenoxy) is 1. The third-order valence-corrected chi connectivity index (χ3v) is 3.90. The van der Waals surface area contributed by atoms with Gasteiger partial charge in [-0.05, 0) is 12.1 Å². The fraction of sp³-hybridized carbons (Fsp3) is 0.467. The summed E-state index contributed by atoms with van der Waals surface area (Å²) < 4.78 is 5.23. The first-order chi connectivity index (χ1) is 10.3. The first kappa shape index (κ1) is 14.0. The number of hydrogen-bond acceptors (Lipinski definition) is 6. The number of methoxy groups -OCH3 is 1. The van der Waals surface area contributed by atoms with E-state index >= 15 is 0 Å². The summed E-state index contributed by atoms with van der Waals surface area (Å²) in [4.78, 5) is 13.7. The van der Waals surface area contributed by atoms with Gasteiger partial charge in [0, 0.05) is 51.5 Å². The van der Waals surface area contributed by atoms with Crippen LogP contribution in [0.1, 0.15) is 0 Å². The van der Waals surface area contributed by atoms with Crippen molar-refractivity contribution in [3.63, 3.8) is 0 Å². The lowest BCUT2D eigenvalue weighted by Gasteiger charge is -2.36. The van der Waals surface area contributed by atoms with E-state index in [1.54, 1.807) is 7.11 Å². The van der Waals surface area contributed by atoms with Crippen LogP contribution in [0, 0.1) is 0 Å². The number of pyridine rings is 2. The minimum atomic E-state index is 0.624. The van der Waals surface area contributed by atoms with Gasteiger partial charge in [0.15, 0.2) is 0 Å². The van der Waals surface area contributed by atoms with Crippen molar-refractivity contribution < 1.29 is 4.74 Å². The monoisotopic (exact) mass is 287 g/mol. The highest BCUT2D eigenvalue weighted by atomic mass is 16.5. The molecule has 1 fully saturated rings. The van der Waals surface area contributed by atoms with Crippen molar-refractivity contribution >= 4 is 16.7 Å². The Hall–Kier alpha value is -1.92. The third kappa shape index (κ3) is 2.91. The van der Waals surface area contributed by atoms with Gasteiger partial charge < -0.3 is 15.4 Å². The second-order valence-corrected chi connectivity index (χ2v) is 5.17. The molecule has 21 heavy (non-hydrogen) atoms. The van der Waals surface area contributed by atoms with Crippen LogP contribution in [0.3, 0.4) is 0 Å². The molecule has 0 bridgehead atoms. The molecule has 1 aliphatic heterocycles. The van der Waals surface area contributed by atoms with Crippen LogP contribution >= 0.6 is 0 Å². The first-order valence-electron chi connectivity index (χ1n) is 7.29. The van der Waals surface area contributed by atoms with Gasteiger partial charge in [0.25, 0.3) is 0 Å². The standard InChI is InChI=1S/C15H21N5O/c1-21-14-3-2-12-15(18-14)13(4-6-17-12)20-10-8-19(7-5-16)9-11-20/h2-4,6H,5,7-11,16H2,1H3. The lowest BCUT2D eigenvalue weighted by atomic mass is 10.2. The fourth-order valence-corrected chi connectivity index (χ4v) is 2.76. The fourth-order valence-electron chi connectivity index (χ4n) is 2.76. The van der Waals surface area contributed by atoms with Crippen molar-refractivity contribution in [1.82, 2.24) is 14.9 Å². The van der Waals surface area contributed by atoms with E-state index in [0.29, 0.717) is 5.88 Å². The van der Waals surface area contributed by atoms with Crippen molar-refractivity contribution in [2.24, 2.45) is 5.73 Å². The average Bonchev–Trinajstić information content (AvgIpc) is 2.55. The quantitative estimate of drug-likeness (QED) is 0.893. The maximum atomic E-state index is 5.62. The summed E-state index contributed by atoms with van der Waals surface area (Å²) in [5.74, 6) is 0.624. The highest BCUT2D eigenvalue weighted by molar-refractivity contribution is 5.88. The van der Waals surface area contributed by atoms with Crippen molar-refractivity contribution in [1.29, 1.82) is 0 Å². The molecule has 6 nitrogen and oxygen atoms in total. The zero-order valence-corrected chi connectivity index (χ0v) is 12.3. The Bertz CT molecular complexity index is 610. The molecule has 0 unspecified atom stereocenters. The van der Waals surface area contributed by atoms with Crippen LogP contribution in [0.25, 0.3) is 11.0 Å². The zero-order chi connectivity index (χ0) is 14.7. The van der Waals surface area contributed by atoms with Gasteiger partial charge in [-0.2, -0.15) is 0 Å². The molecule has 3 heterocycles. The molecule has 2 aromatic rings. The smallest absolute Gasteiger partial charge is 0.213 e. The second kappa shape index (κ2) is 6.24. The van der Waals surface area contributed by atoms with Crippen LogP contribution in [0.4, 0.5) is 5.69 Å². The summed E-state index contributed by atoms with van der Waals surface area (Å²) >= 11 is 0. The number of fused-ring (bicyclic) bond motifs is 1. The summed E-state index contributed by atoms with van der Waals surface area (Å²) in [5.41, 5.74) is 8.56. The summed E-state index contributed by atoms with van der Waals surface area (Å²) in [6.45, 7) is 5.72. The Labute approximate surface area is 124 Å². The third-order valence-electron chi connectivity index (χ3n) is 3.90. The summed E-state index contributed by atoms with van der Waals surface area (Å²) in [5, 5.41) is 0. The van der Waals surface area contributed by atoms with Gasteiger partial charge in [0.2, 0.25) is 5.88 Å². The first-order valence-corrected chi connectivity index (χ1v) is 7.29. The molecule has 2 aromatic heterocycles. The number of nitrogens with two attached hydrogens (primary N) is 1. The molecule has 3 rings (SSSR count). The van der Waals surface area contributed by atoms with Crippen LogP contribution in [0.15, 0.2) is 24.4 Å². The highest BCUT2D eigenvalue weighted by Gasteiger charge is 2.19. The number of anilines is 1. The lowest BCUT2D eigenvalue weighted by Crippen LogP contribution is -2.47. The number of nitrogens with zero attached hydrogens (tertiary/aromatic N) is 4. The zero-order valence-electron chi connectivity index (χ0n) is 12.3. The van der Waals surface area contributed by atoms with Gasteiger partial charge in [-0.1, -0.05) is 0 Å². The normalized spacial score (nSPS) is 16.4. The number of rotatable bonds is 4. The van der Waals surface area contributed by atoms with E-state index in [2.05, 4.69) is 19.8 Å². The van der Waals surface area contributed by atoms with Gasteiger partial charge in [0.1, 0.15) is 5.52 Å². The molecule has 1 saturated heterocycles. The van der Waals surface area contributed by atoms with E-state index in [1.165, 1.54) is 0 Å².